The molecule has 4 amide bonds. The van der Waals surface area contributed by atoms with Crippen molar-refractivity contribution in [2.75, 3.05) is 0 Å². The average molecular weight is 821 g/mol. The number of nitrogens with zero attached hydrogens (tertiary/aromatic N) is 4. The number of hydrogen-bond acceptors (Lipinski definition) is 5. The zero-order valence-electron chi connectivity index (χ0n) is 36.9. The third-order valence-electron chi connectivity index (χ3n) is 14.0. The van der Waals surface area contributed by atoms with Gasteiger partial charge in [-0.2, -0.15) is 0 Å². The first-order valence-corrected chi connectivity index (χ1v) is 23.8. The highest BCUT2D eigenvalue weighted by Crippen LogP contribution is 2.47. The van der Waals surface area contributed by atoms with Crippen LogP contribution in [0.4, 0.5) is 0 Å². The molecule has 0 spiro atoms. The van der Waals surface area contributed by atoms with Gasteiger partial charge in [0.25, 0.3) is 23.6 Å². The highest BCUT2D eigenvalue weighted by molar-refractivity contribution is 6.41. The molecule has 5 aromatic carbocycles. The summed E-state index contributed by atoms with van der Waals surface area (Å²) in [4.78, 5) is 66.8. The van der Waals surface area contributed by atoms with Crippen molar-refractivity contribution in [1.82, 2.24) is 19.4 Å². The predicted molar refractivity (Wildman–Crippen MR) is 248 cm³/mol. The molecule has 3 heterocycles. The fourth-order valence-electron chi connectivity index (χ4n) is 10.8. The van der Waals surface area contributed by atoms with E-state index in [0.29, 0.717) is 33.0 Å². The van der Waals surface area contributed by atoms with Gasteiger partial charge >= 0.3 is 0 Å². The zero-order valence-corrected chi connectivity index (χ0v) is 36.9. The van der Waals surface area contributed by atoms with Gasteiger partial charge in [0.1, 0.15) is 0 Å². The molecule has 0 bridgehead atoms. The van der Waals surface area contributed by atoms with Gasteiger partial charge in [-0.25, -0.2) is 4.98 Å². The van der Waals surface area contributed by atoms with Gasteiger partial charge in [-0.1, -0.05) is 148 Å². The van der Waals surface area contributed by atoms with Crippen LogP contribution in [0.2, 0.25) is 0 Å². The number of rotatable bonds is 23. The van der Waals surface area contributed by atoms with Crippen LogP contribution in [0.5, 0.6) is 0 Å². The summed E-state index contributed by atoms with van der Waals surface area (Å²) in [6.07, 6.45) is 25.0. The molecule has 2 aliphatic heterocycles. The Labute approximate surface area is 361 Å². The van der Waals surface area contributed by atoms with Gasteiger partial charge in [0.2, 0.25) is 0 Å². The molecule has 1 aromatic heterocycles. The van der Waals surface area contributed by atoms with E-state index in [1.54, 1.807) is 16.0 Å². The highest BCUT2D eigenvalue weighted by Gasteiger charge is 2.42. The van der Waals surface area contributed by atoms with E-state index in [-0.39, 0.29) is 41.8 Å². The lowest BCUT2D eigenvalue weighted by atomic mass is 9.81. The van der Waals surface area contributed by atoms with Gasteiger partial charge in [0.15, 0.2) is 0 Å². The summed E-state index contributed by atoms with van der Waals surface area (Å²) in [6.45, 7) is 8.80. The first-order valence-electron chi connectivity index (χ1n) is 23.8. The molecule has 320 valence electrons. The molecular formula is C53H64N4O4. The molecule has 0 aliphatic carbocycles. The van der Waals surface area contributed by atoms with E-state index in [1.807, 2.05) is 61.1 Å². The van der Waals surface area contributed by atoms with Crippen LogP contribution >= 0.6 is 0 Å². The van der Waals surface area contributed by atoms with E-state index in [4.69, 9.17) is 0 Å². The monoisotopic (exact) mass is 820 g/mol. The van der Waals surface area contributed by atoms with Crippen molar-refractivity contribution < 1.29 is 19.2 Å². The normalized spacial score (nSPS) is 15.2. The van der Waals surface area contributed by atoms with Crippen LogP contribution < -0.4 is 0 Å². The van der Waals surface area contributed by atoms with Crippen molar-refractivity contribution in [2.24, 2.45) is 0 Å². The lowest BCUT2D eigenvalue weighted by Gasteiger charge is -2.39. The zero-order chi connectivity index (χ0) is 42.6. The van der Waals surface area contributed by atoms with Crippen LogP contribution in [0.3, 0.4) is 0 Å². The largest absolute Gasteiger partial charge is 0.332 e. The number of benzene rings is 5. The molecule has 0 saturated heterocycles. The van der Waals surface area contributed by atoms with Gasteiger partial charge in [0, 0.05) is 51.5 Å². The minimum Gasteiger partial charge on any atom is -0.332 e. The van der Waals surface area contributed by atoms with Crippen LogP contribution in [0.25, 0.3) is 43.1 Å². The maximum Gasteiger partial charge on any atom is 0.261 e. The molecule has 8 nitrogen and oxygen atoms in total. The second kappa shape index (κ2) is 18.9. The maximum atomic E-state index is 15.0. The molecule has 0 saturated carbocycles. The minimum absolute atomic E-state index is 0.0804. The SMILES string of the molecule is CCCCCCC(CCCCCC)N1C(=O)c2ccc3c4ccc5c6c(ccc(c7ccc(c2c37)C1=O)c64)C(=O)N(C(CCCCCC)C(CCCCC)n1ccnc1)C5=O. The molecule has 61 heavy (non-hydrogen) atoms. The summed E-state index contributed by atoms with van der Waals surface area (Å²) >= 11 is 0. The van der Waals surface area contributed by atoms with Gasteiger partial charge in [0.05, 0.1) is 18.4 Å². The number of unbranched alkanes of at least 4 members (excludes halogenated alkanes) is 11. The Bertz CT molecular complexity index is 2410. The number of carbonyl (C=O) groups is 4. The Morgan fingerprint density at radius 1 is 0.426 bits per heavy atom. The van der Waals surface area contributed by atoms with Crippen LogP contribution in [0, 0.1) is 0 Å². The smallest absolute Gasteiger partial charge is 0.261 e. The maximum absolute atomic E-state index is 15.0. The number of imidazole rings is 1. The van der Waals surface area contributed by atoms with Gasteiger partial charge in [-0.3, -0.25) is 29.0 Å². The Hall–Kier alpha value is -5.11. The fourth-order valence-corrected chi connectivity index (χ4v) is 10.8. The van der Waals surface area contributed by atoms with Crippen LogP contribution in [-0.4, -0.2) is 55.1 Å². The molecular weight excluding hydrogens is 757 g/mol. The van der Waals surface area contributed by atoms with Crippen molar-refractivity contribution in [3.63, 3.8) is 0 Å². The first kappa shape index (κ1) is 42.6. The topological polar surface area (TPSA) is 92.6 Å². The second-order valence-electron chi connectivity index (χ2n) is 17.9. The van der Waals surface area contributed by atoms with Gasteiger partial charge in [-0.15, -0.1) is 0 Å². The van der Waals surface area contributed by atoms with E-state index >= 15 is 9.59 Å². The number of imide groups is 2. The lowest BCUT2D eigenvalue weighted by Crippen LogP contribution is -2.50. The molecule has 2 aliphatic rings. The van der Waals surface area contributed by atoms with Crippen LogP contribution in [-0.2, 0) is 0 Å². The summed E-state index contributed by atoms with van der Waals surface area (Å²) in [7, 11) is 0. The highest BCUT2D eigenvalue weighted by atomic mass is 16.2. The van der Waals surface area contributed by atoms with E-state index in [2.05, 4.69) is 37.2 Å². The number of hydrogen-bond donors (Lipinski definition) is 0. The van der Waals surface area contributed by atoms with Crippen LogP contribution in [0.15, 0.2) is 67.3 Å². The summed E-state index contributed by atoms with van der Waals surface area (Å²) in [5, 5.41) is 6.87. The van der Waals surface area contributed by atoms with Gasteiger partial charge < -0.3 is 4.57 Å². The minimum atomic E-state index is -0.322. The average Bonchev–Trinajstić information content (AvgIpc) is 3.81. The Balaban J connectivity index is 1.21. The van der Waals surface area contributed by atoms with Crippen molar-refractivity contribution >= 4 is 66.7 Å². The number of amides is 4. The van der Waals surface area contributed by atoms with Crippen LogP contribution in [0.1, 0.15) is 197 Å². The predicted octanol–water partition coefficient (Wildman–Crippen LogP) is 13.6. The molecule has 0 N–H and O–H groups in total. The van der Waals surface area contributed by atoms with E-state index < -0.39 is 0 Å². The third kappa shape index (κ3) is 7.74. The fraction of sp³-hybridized carbons (Fsp3) is 0.491. The third-order valence-corrected chi connectivity index (χ3v) is 14.0. The van der Waals surface area contributed by atoms with Crippen molar-refractivity contribution in [3.05, 3.63) is 89.5 Å². The molecule has 0 fully saturated rings. The second-order valence-corrected chi connectivity index (χ2v) is 17.9. The lowest BCUT2D eigenvalue weighted by molar-refractivity contribution is 0.0458. The number of aromatic nitrogens is 2. The Morgan fingerprint density at radius 2 is 0.803 bits per heavy atom. The molecule has 0 radical (unpaired) electrons. The van der Waals surface area contributed by atoms with E-state index in [9.17, 15) is 9.59 Å². The van der Waals surface area contributed by atoms with E-state index in [0.717, 1.165) is 154 Å². The summed E-state index contributed by atoms with van der Waals surface area (Å²) in [6, 6.07) is 15.2. The van der Waals surface area contributed by atoms with Gasteiger partial charge in [-0.05, 0) is 82.3 Å². The number of fused-ring (bicyclic) bond motifs is 2. The first-order chi connectivity index (χ1) is 29.9. The Kier molecular flexibility index (Phi) is 13.2. The summed E-state index contributed by atoms with van der Waals surface area (Å²) < 4.78 is 2.11. The molecule has 2 atom stereocenters. The van der Waals surface area contributed by atoms with Crippen molar-refractivity contribution in [2.45, 2.75) is 168 Å². The summed E-state index contributed by atoms with van der Waals surface area (Å²) in [5.74, 6) is -0.878. The van der Waals surface area contributed by atoms with Crippen molar-refractivity contribution in [3.8, 4) is 0 Å². The van der Waals surface area contributed by atoms with E-state index in [1.165, 1.54) is 0 Å². The van der Waals surface area contributed by atoms with Crippen molar-refractivity contribution in [1.29, 1.82) is 0 Å². The molecule has 6 aromatic rings. The molecule has 2 unspecified atom stereocenters. The molecule has 8 heteroatoms. The number of carbonyl (C=O) groups excluding carboxylic acids is 4. The summed E-state index contributed by atoms with van der Waals surface area (Å²) in [5.41, 5.74) is 2.25. The quantitative estimate of drug-likeness (QED) is 0.0278. The molecule has 8 rings (SSSR count). The Morgan fingerprint density at radius 3 is 1.21 bits per heavy atom. The standard InChI is InChI=1S/C53H64N4O4/c1-5-9-13-17-20-35(21-18-14-10-6-2)56-50(58)40-28-24-36-38-26-30-42-49-43(31-27-39(47(38)49)37-25-29-41(51(56)59)48(40)46(36)37)53(61)57(52(42)60)45(23-19-15-11-7-3)44(22-16-12-8-4)55-33-32-54-34-55/h24-35,44-45H,5-23H2,1-4H3.